The Morgan fingerprint density at radius 2 is 2.06 bits per heavy atom. The predicted octanol–water partition coefficient (Wildman–Crippen LogP) is 3.06. The standard InChI is InChI=1S/C11H14ClF3N2/c12-9-3-1-2-8(6-9)7-10(17-16)4-5-11(13,14)15/h1-3,6,10,17H,4-5,7,16H2. The van der Waals surface area contributed by atoms with E-state index in [2.05, 4.69) is 5.43 Å². The summed E-state index contributed by atoms with van der Waals surface area (Å²) in [7, 11) is 0. The van der Waals surface area contributed by atoms with Gasteiger partial charge in [-0.25, -0.2) is 0 Å². The highest BCUT2D eigenvalue weighted by atomic mass is 35.5. The lowest BCUT2D eigenvalue weighted by Crippen LogP contribution is -2.37. The molecule has 0 aliphatic carbocycles. The number of nitrogens with two attached hydrogens (primary N) is 1. The smallest absolute Gasteiger partial charge is 0.271 e. The maximum atomic E-state index is 12.1. The van der Waals surface area contributed by atoms with Crippen LogP contribution in [-0.2, 0) is 6.42 Å². The molecular formula is C11H14ClF3N2. The Hall–Kier alpha value is -0.780. The molecule has 0 heterocycles. The zero-order valence-corrected chi connectivity index (χ0v) is 9.85. The number of hydrogen-bond acceptors (Lipinski definition) is 2. The van der Waals surface area contributed by atoms with Crippen molar-refractivity contribution < 1.29 is 13.2 Å². The lowest BCUT2D eigenvalue weighted by Gasteiger charge is -2.17. The van der Waals surface area contributed by atoms with Crippen LogP contribution in [0.3, 0.4) is 0 Å². The molecule has 17 heavy (non-hydrogen) atoms. The van der Waals surface area contributed by atoms with Crippen molar-refractivity contribution in [2.45, 2.75) is 31.5 Å². The summed E-state index contributed by atoms with van der Waals surface area (Å²) in [6.45, 7) is 0. The molecule has 0 radical (unpaired) electrons. The van der Waals surface area contributed by atoms with Crippen LogP contribution in [0.4, 0.5) is 13.2 Å². The first kappa shape index (κ1) is 14.3. The van der Waals surface area contributed by atoms with Gasteiger partial charge in [0.2, 0.25) is 0 Å². The number of benzene rings is 1. The fourth-order valence-corrected chi connectivity index (χ4v) is 1.74. The van der Waals surface area contributed by atoms with Gasteiger partial charge in [-0.3, -0.25) is 11.3 Å². The van der Waals surface area contributed by atoms with Crippen LogP contribution in [0.15, 0.2) is 24.3 Å². The molecule has 6 heteroatoms. The summed E-state index contributed by atoms with van der Waals surface area (Å²) in [5.41, 5.74) is 3.26. The molecule has 0 aliphatic heterocycles. The molecule has 0 aromatic heterocycles. The van der Waals surface area contributed by atoms with Gasteiger partial charge in [0.05, 0.1) is 0 Å². The van der Waals surface area contributed by atoms with Gasteiger partial charge in [-0.1, -0.05) is 23.7 Å². The fourth-order valence-electron chi connectivity index (χ4n) is 1.53. The topological polar surface area (TPSA) is 38.0 Å². The molecule has 0 saturated carbocycles. The monoisotopic (exact) mass is 266 g/mol. The van der Waals surface area contributed by atoms with E-state index in [9.17, 15) is 13.2 Å². The summed E-state index contributed by atoms with van der Waals surface area (Å²) in [4.78, 5) is 0. The van der Waals surface area contributed by atoms with E-state index in [1.165, 1.54) is 0 Å². The van der Waals surface area contributed by atoms with Crippen molar-refractivity contribution in [2.75, 3.05) is 0 Å². The van der Waals surface area contributed by atoms with Gasteiger partial charge >= 0.3 is 6.18 Å². The number of halogens is 4. The van der Waals surface area contributed by atoms with Crippen molar-refractivity contribution in [3.63, 3.8) is 0 Å². The number of hydrazine groups is 1. The average molecular weight is 267 g/mol. The van der Waals surface area contributed by atoms with Crippen LogP contribution in [0.25, 0.3) is 0 Å². The van der Waals surface area contributed by atoms with Gasteiger partial charge in [-0.15, -0.1) is 0 Å². The Kier molecular flexibility index (Phi) is 5.24. The van der Waals surface area contributed by atoms with Crippen molar-refractivity contribution in [3.05, 3.63) is 34.9 Å². The van der Waals surface area contributed by atoms with E-state index in [1.54, 1.807) is 18.2 Å². The van der Waals surface area contributed by atoms with Crippen LogP contribution in [0.5, 0.6) is 0 Å². The third-order valence-corrected chi connectivity index (χ3v) is 2.62. The van der Waals surface area contributed by atoms with Gasteiger partial charge in [0.1, 0.15) is 0 Å². The maximum Gasteiger partial charge on any atom is 0.389 e. The third-order valence-electron chi connectivity index (χ3n) is 2.38. The SMILES string of the molecule is NNC(CCC(F)(F)F)Cc1cccc(Cl)c1. The second-order valence-electron chi connectivity index (χ2n) is 3.85. The maximum absolute atomic E-state index is 12.1. The molecule has 1 aromatic rings. The Labute approximate surface area is 103 Å². The molecule has 96 valence electrons. The molecule has 0 amide bonds. The van der Waals surface area contributed by atoms with Gasteiger partial charge in [-0.2, -0.15) is 13.2 Å². The quantitative estimate of drug-likeness (QED) is 0.635. The zero-order valence-electron chi connectivity index (χ0n) is 9.10. The molecule has 2 nitrogen and oxygen atoms in total. The van der Waals surface area contributed by atoms with Crippen molar-refractivity contribution in [1.29, 1.82) is 0 Å². The van der Waals surface area contributed by atoms with E-state index < -0.39 is 18.6 Å². The molecule has 0 spiro atoms. The van der Waals surface area contributed by atoms with E-state index >= 15 is 0 Å². The van der Waals surface area contributed by atoms with Crippen LogP contribution in [-0.4, -0.2) is 12.2 Å². The van der Waals surface area contributed by atoms with Crippen molar-refractivity contribution in [1.82, 2.24) is 5.43 Å². The van der Waals surface area contributed by atoms with E-state index in [0.29, 0.717) is 11.4 Å². The van der Waals surface area contributed by atoms with Crippen molar-refractivity contribution in [3.8, 4) is 0 Å². The third kappa shape index (κ3) is 5.91. The summed E-state index contributed by atoms with van der Waals surface area (Å²) < 4.78 is 36.2. The second-order valence-corrected chi connectivity index (χ2v) is 4.29. The Bertz CT molecular complexity index is 355. The molecule has 1 rings (SSSR count). The lowest BCUT2D eigenvalue weighted by atomic mass is 10.0. The van der Waals surface area contributed by atoms with E-state index in [4.69, 9.17) is 17.4 Å². The number of alkyl halides is 3. The zero-order chi connectivity index (χ0) is 12.9. The number of rotatable bonds is 5. The highest BCUT2D eigenvalue weighted by Gasteiger charge is 2.28. The van der Waals surface area contributed by atoms with Crippen molar-refractivity contribution >= 4 is 11.6 Å². The van der Waals surface area contributed by atoms with E-state index in [-0.39, 0.29) is 6.42 Å². The largest absolute Gasteiger partial charge is 0.389 e. The van der Waals surface area contributed by atoms with Crippen LogP contribution >= 0.6 is 11.6 Å². The highest BCUT2D eigenvalue weighted by molar-refractivity contribution is 6.30. The van der Waals surface area contributed by atoms with Gasteiger partial charge in [-0.05, 0) is 30.5 Å². The summed E-state index contributed by atoms with van der Waals surface area (Å²) >= 11 is 5.79. The lowest BCUT2D eigenvalue weighted by molar-refractivity contribution is -0.136. The molecule has 1 aromatic carbocycles. The molecule has 0 aliphatic rings. The minimum atomic E-state index is -4.15. The molecule has 3 N–H and O–H groups in total. The van der Waals surface area contributed by atoms with Crippen molar-refractivity contribution in [2.24, 2.45) is 5.84 Å². The normalized spacial score (nSPS) is 13.7. The molecule has 0 saturated heterocycles. The summed E-state index contributed by atoms with van der Waals surface area (Å²) in [6.07, 6.45) is -4.62. The first-order valence-corrected chi connectivity index (χ1v) is 5.56. The Morgan fingerprint density at radius 1 is 1.35 bits per heavy atom. The fraction of sp³-hybridized carbons (Fsp3) is 0.455. The minimum absolute atomic E-state index is 0.0491. The second kappa shape index (κ2) is 6.23. The summed E-state index contributed by atoms with van der Waals surface area (Å²) in [5.74, 6) is 5.24. The van der Waals surface area contributed by atoms with Crippen LogP contribution in [0, 0.1) is 0 Å². The summed E-state index contributed by atoms with van der Waals surface area (Å²) in [6, 6.07) is 6.60. The Balaban J connectivity index is 2.52. The molecule has 0 bridgehead atoms. The minimum Gasteiger partial charge on any atom is -0.271 e. The van der Waals surface area contributed by atoms with Gasteiger partial charge < -0.3 is 0 Å². The first-order chi connectivity index (χ1) is 7.90. The summed E-state index contributed by atoms with van der Waals surface area (Å²) in [5, 5.41) is 0.564. The Morgan fingerprint density at radius 3 is 2.59 bits per heavy atom. The number of hydrogen-bond donors (Lipinski definition) is 2. The van der Waals surface area contributed by atoms with Crippen LogP contribution in [0.1, 0.15) is 18.4 Å². The van der Waals surface area contributed by atoms with Crippen LogP contribution in [0.2, 0.25) is 5.02 Å². The van der Waals surface area contributed by atoms with Crippen LogP contribution < -0.4 is 11.3 Å². The van der Waals surface area contributed by atoms with Gasteiger partial charge in [0.25, 0.3) is 0 Å². The first-order valence-electron chi connectivity index (χ1n) is 5.18. The van der Waals surface area contributed by atoms with E-state index in [1.807, 2.05) is 6.07 Å². The van der Waals surface area contributed by atoms with Gasteiger partial charge in [0.15, 0.2) is 0 Å². The molecule has 1 atom stereocenters. The molecule has 1 unspecified atom stereocenters. The highest BCUT2D eigenvalue weighted by Crippen LogP contribution is 2.23. The molecule has 0 fully saturated rings. The molecular weight excluding hydrogens is 253 g/mol. The number of nitrogens with one attached hydrogen (secondary N) is 1. The van der Waals surface area contributed by atoms with E-state index in [0.717, 1.165) is 5.56 Å². The predicted molar refractivity (Wildman–Crippen MR) is 61.6 cm³/mol. The average Bonchev–Trinajstić information content (AvgIpc) is 2.23. The van der Waals surface area contributed by atoms with Gasteiger partial charge in [0, 0.05) is 17.5 Å².